The third kappa shape index (κ3) is 4.26. The van der Waals surface area contributed by atoms with Gasteiger partial charge in [-0.2, -0.15) is 4.98 Å². The summed E-state index contributed by atoms with van der Waals surface area (Å²) >= 11 is 12.3. The van der Waals surface area contributed by atoms with Gasteiger partial charge in [-0.1, -0.05) is 29.3 Å². The van der Waals surface area contributed by atoms with E-state index in [1.165, 1.54) is 0 Å². The minimum absolute atomic E-state index is 0.0653. The van der Waals surface area contributed by atoms with E-state index in [2.05, 4.69) is 25.5 Å². The van der Waals surface area contributed by atoms with Gasteiger partial charge in [-0.05, 0) is 24.6 Å². The number of hydrogen-bond donors (Lipinski definition) is 2. The molecule has 1 aromatic heterocycles. The summed E-state index contributed by atoms with van der Waals surface area (Å²) in [7, 11) is 1.61. The quantitative estimate of drug-likeness (QED) is 0.827. The largest absolute Gasteiger partial charge is 0.491 e. The van der Waals surface area contributed by atoms with E-state index < -0.39 is 0 Å². The Labute approximate surface area is 157 Å². The van der Waals surface area contributed by atoms with E-state index in [9.17, 15) is 0 Å². The summed E-state index contributed by atoms with van der Waals surface area (Å²) in [4.78, 5) is 11.2. The molecule has 2 heterocycles. The van der Waals surface area contributed by atoms with E-state index in [-0.39, 0.29) is 6.04 Å². The molecule has 1 saturated heterocycles. The lowest BCUT2D eigenvalue weighted by molar-refractivity contribution is 0.412. The molecule has 1 aromatic carbocycles. The summed E-state index contributed by atoms with van der Waals surface area (Å²) in [6.45, 7) is 5.62. The molecule has 0 aliphatic carbocycles. The van der Waals surface area contributed by atoms with Crippen LogP contribution in [0.3, 0.4) is 0 Å². The number of halogens is 2. The molecule has 1 unspecified atom stereocenters. The van der Waals surface area contributed by atoms with Crippen LogP contribution in [0, 0.1) is 0 Å². The monoisotopic (exact) mass is 381 g/mol. The molecule has 0 saturated carbocycles. The molecule has 8 heteroatoms. The molecule has 1 atom stereocenters. The van der Waals surface area contributed by atoms with Crippen LogP contribution in [-0.4, -0.2) is 43.3 Å². The van der Waals surface area contributed by atoms with Gasteiger partial charge in [0.1, 0.15) is 0 Å². The second-order valence-corrected chi connectivity index (χ2v) is 6.70. The van der Waals surface area contributed by atoms with Gasteiger partial charge in [0.25, 0.3) is 0 Å². The average Bonchev–Trinajstić information content (AvgIpc) is 2.62. The topological polar surface area (TPSA) is 62.3 Å². The summed E-state index contributed by atoms with van der Waals surface area (Å²) in [5.41, 5.74) is 0.940. The van der Waals surface area contributed by atoms with Crippen LogP contribution in [0.2, 0.25) is 10.0 Å². The first-order valence-corrected chi connectivity index (χ1v) is 8.92. The highest BCUT2D eigenvalue weighted by Gasteiger charge is 2.18. The smallest absolute Gasteiger partial charge is 0.227 e. The Morgan fingerprint density at radius 2 is 2.04 bits per heavy atom. The van der Waals surface area contributed by atoms with Crippen LogP contribution in [-0.2, 0) is 0 Å². The van der Waals surface area contributed by atoms with Crippen LogP contribution >= 0.6 is 23.2 Å². The number of benzene rings is 1. The summed E-state index contributed by atoms with van der Waals surface area (Å²) in [5, 5.41) is 7.92. The molecule has 2 N–H and O–H groups in total. The molecular formula is C17H21Cl2N5O. The third-order valence-electron chi connectivity index (χ3n) is 4.14. The molecule has 0 amide bonds. The fourth-order valence-electron chi connectivity index (χ4n) is 2.77. The van der Waals surface area contributed by atoms with Crippen molar-refractivity contribution in [3.05, 3.63) is 40.0 Å². The number of hydrogen-bond acceptors (Lipinski definition) is 6. The number of rotatable bonds is 5. The standard InChI is InChI=1S/C17H21Cl2N5O/c1-11(13-4-3-12(18)9-14(13)19)22-16-15(25-2)10-21-17(23-16)24-7-5-20-6-8-24/h3-4,9-11,20H,5-8H2,1-2H3,(H,21,22,23). The molecule has 1 aliphatic rings. The van der Waals surface area contributed by atoms with Crippen molar-refractivity contribution in [2.75, 3.05) is 43.5 Å². The summed E-state index contributed by atoms with van der Waals surface area (Å²) in [6.07, 6.45) is 1.70. The Morgan fingerprint density at radius 1 is 1.28 bits per heavy atom. The molecule has 1 fully saturated rings. The van der Waals surface area contributed by atoms with Crippen molar-refractivity contribution in [1.82, 2.24) is 15.3 Å². The van der Waals surface area contributed by atoms with E-state index in [1.807, 2.05) is 19.1 Å². The number of piperazine rings is 1. The Morgan fingerprint density at radius 3 is 2.72 bits per heavy atom. The predicted molar refractivity (Wildman–Crippen MR) is 102 cm³/mol. The molecular weight excluding hydrogens is 361 g/mol. The Kier molecular flexibility index (Phi) is 5.83. The summed E-state index contributed by atoms with van der Waals surface area (Å²) < 4.78 is 5.40. The molecule has 134 valence electrons. The van der Waals surface area contributed by atoms with Crippen molar-refractivity contribution >= 4 is 35.0 Å². The zero-order valence-corrected chi connectivity index (χ0v) is 15.7. The lowest BCUT2D eigenvalue weighted by Crippen LogP contribution is -2.44. The molecule has 6 nitrogen and oxygen atoms in total. The van der Waals surface area contributed by atoms with Crippen LogP contribution in [0.1, 0.15) is 18.5 Å². The highest BCUT2D eigenvalue weighted by Crippen LogP contribution is 2.31. The fourth-order valence-corrected chi connectivity index (χ4v) is 3.34. The van der Waals surface area contributed by atoms with Crippen LogP contribution in [0.25, 0.3) is 0 Å². The van der Waals surface area contributed by atoms with E-state index in [1.54, 1.807) is 19.4 Å². The van der Waals surface area contributed by atoms with E-state index >= 15 is 0 Å². The molecule has 25 heavy (non-hydrogen) atoms. The van der Waals surface area contributed by atoms with Gasteiger partial charge in [0.15, 0.2) is 11.6 Å². The Bertz CT molecular complexity index is 737. The van der Waals surface area contributed by atoms with Crippen molar-refractivity contribution in [2.45, 2.75) is 13.0 Å². The van der Waals surface area contributed by atoms with Gasteiger partial charge in [0.2, 0.25) is 5.95 Å². The molecule has 3 rings (SSSR count). The zero-order chi connectivity index (χ0) is 17.8. The maximum atomic E-state index is 6.31. The number of anilines is 2. The first kappa shape index (κ1) is 18.0. The first-order chi connectivity index (χ1) is 12.1. The van der Waals surface area contributed by atoms with Crippen LogP contribution < -0.4 is 20.3 Å². The minimum atomic E-state index is -0.0653. The SMILES string of the molecule is COc1cnc(N2CCNCC2)nc1NC(C)c1ccc(Cl)cc1Cl. The second kappa shape index (κ2) is 8.08. The molecule has 0 spiro atoms. The maximum absolute atomic E-state index is 6.31. The van der Waals surface area contributed by atoms with Crippen molar-refractivity contribution in [1.29, 1.82) is 0 Å². The van der Waals surface area contributed by atoms with Gasteiger partial charge in [0.05, 0.1) is 19.3 Å². The van der Waals surface area contributed by atoms with E-state index in [0.29, 0.717) is 27.6 Å². The van der Waals surface area contributed by atoms with Crippen LogP contribution in [0.5, 0.6) is 5.75 Å². The third-order valence-corrected chi connectivity index (χ3v) is 4.71. The molecule has 1 aliphatic heterocycles. The zero-order valence-electron chi connectivity index (χ0n) is 14.2. The van der Waals surface area contributed by atoms with Gasteiger partial charge in [-0.25, -0.2) is 4.98 Å². The number of aromatic nitrogens is 2. The number of methoxy groups -OCH3 is 1. The van der Waals surface area contributed by atoms with E-state index in [4.69, 9.17) is 27.9 Å². The normalized spacial score (nSPS) is 15.8. The highest BCUT2D eigenvalue weighted by atomic mass is 35.5. The van der Waals surface area contributed by atoms with Crippen LogP contribution in [0.15, 0.2) is 24.4 Å². The Balaban J connectivity index is 1.84. The molecule has 2 aromatic rings. The maximum Gasteiger partial charge on any atom is 0.227 e. The van der Waals surface area contributed by atoms with Crippen molar-refractivity contribution in [2.24, 2.45) is 0 Å². The molecule has 0 radical (unpaired) electrons. The highest BCUT2D eigenvalue weighted by molar-refractivity contribution is 6.35. The number of nitrogens with one attached hydrogen (secondary N) is 2. The van der Waals surface area contributed by atoms with Gasteiger partial charge >= 0.3 is 0 Å². The Hall–Kier alpha value is -1.76. The number of ether oxygens (including phenoxy) is 1. The van der Waals surface area contributed by atoms with Crippen LogP contribution in [0.4, 0.5) is 11.8 Å². The lowest BCUT2D eigenvalue weighted by Gasteiger charge is -2.28. The number of nitrogens with zero attached hydrogens (tertiary/aromatic N) is 3. The van der Waals surface area contributed by atoms with Crippen molar-refractivity contribution < 1.29 is 4.74 Å². The average molecular weight is 382 g/mol. The second-order valence-electron chi connectivity index (χ2n) is 5.86. The van der Waals surface area contributed by atoms with Gasteiger partial charge in [-0.3, -0.25) is 0 Å². The molecule has 0 bridgehead atoms. The fraction of sp³-hybridized carbons (Fsp3) is 0.412. The van der Waals surface area contributed by atoms with E-state index in [0.717, 1.165) is 31.7 Å². The summed E-state index contributed by atoms with van der Waals surface area (Å²) in [6, 6.07) is 5.40. The first-order valence-electron chi connectivity index (χ1n) is 8.16. The van der Waals surface area contributed by atoms with Gasteiger partial charge in [0, 0.05) is 36.2 Å². The summed E-state index contributed by atoms with van der Waals surface area (Å²) in [5.74, 6) is 1.93. The van der Waals surface area contributed by atoms with Crippen molar-refractivity contribution in [3.63, 3.8) is 0 Å². The van der Waals surface area contributed by atoms with Gasteiger partial charge in [-0.15, -0.1) is 0 Å². The lowest BCUT2D eigenvalue weighted by atomic mass is 10.1. The van der Waals surface area contributed by atoms with Crippen molar-refractivity contribution in [3.8, 4) is 5.75 Å². The predicted octanol–water partition coefficient (Wildman–Crippen LogP) is 3.37. The van der Waals surface area contributed by atoms with Gasteiger partial charge < -0.3 is 20.3 Å². The minimum Gasteiger partial charge on any atom is -0.491 e.